The Hall–Kier alpha value is -1.59. The minimum absolute atomic E-state index is 0.155. The van der Waals surface area contributed by atoms with Gasteiger partial charge in [-0.15, -0.1) is 0 Å². The van der Waals surface area contributed by atoms with Gasteiger partial charge < -0.3 is 4.90 Å². The molecule has 0 atom stereocenters. The van der Waals surface area contributed by atoms with Crippen LogP contribution >= 0.6 is 11.8 Å². The number of carbonyl (C=O) groups is 2. The molecule has 1 N–H and O–H groups in total. The Bertz CT molecular complexity index is 590. The van der Waals surface area contributed by atoms with Gasteiger partial charge in [0.1, 0.15) is 0 Å². The molecule has 1 aliphatic heterocycles. The highest BCUT2D eigenvalue weighted by Crippen LogP contribution is 2.31. The maximum absolute atomic E-state index is 12.5. The Balaban J connectivity index is 2.11. The molecule has 124 valence electrons. The van der Waals surface area contributed by atoms with E-state index in [1.807, 2.05) is 37.3 Å². The molecule has 1 heterocycles. The molecule has 2 amide bonds. The van der Waals surface area contributed by atoms with E-state index in [1.54, 1.807) is 0 Å². The van der Waals surface area contributed by atoms with Gasteiger partial charge in [-0.05, 0) is 43.2 Å². The Morgan fingerprint density at radius 1 is 1.09 bits per heavy atom. The summed E-state index contributed by atoms with van der Waals surface area (Å²) < 4.78 is 0. The molecule has 1 aromatic rings. The van der Waals surface area contributed by atoms with Crippen LogP contribution in [0, 0.1) is 6.92 Å². The molecule has 1 aromatic carbocycles. The molecule has 0 unspecified atom stereocenters. The number of hydrogen-bond donors (Lipinski definition) is 1. The smallest absolute Gasteiger partial charge is 0.298 e. The number of benzene rings is 1. The Morgan fingerprint density at radius 3 is 2.26 bits per heavy atom. The number of imide groups is 1. The molecule has 23 heavy (non-hydrogen) atoms. The summed E-state index contributed by atoms with van der Waals surface area (Å²) in [6.45, 7) is 8.70. The molecular formula is C18H25N2O2S+. The topological polar surface area (TPSA) is 41.8 Å². The van der Waals surface area contributed by atoms with Crippen molar-refractivity contribution in [2.24, 2.45) is 0 Å². The number of carbonyl (C=O) groups excluding carboxylic acids is 2. The summed E-state index contributed by atoms with van der Waals surface area (Å²) in [7, 11) is 0. The molecule has 0 bridgehead atoms. The summed E-state index contributed by atoms with van der Waals surface area (Å²) in [4.78, 5) is 27.9. The van der Waals surface area contributed by atoms with Crippen LogP contribution in [0.3, 0.4) is 0 Å². The fourth-order valence-electron chi connectivity index (χ4n) is 2.66. The van der Waals surface area contributed by atoms with Crippen LogP contribution in [-0.2, 0) is 4.79 Å². The molecule has 5 heteroatoms. The van der Waals surface area contributed by atoms with Crippen LogP contribution in [0.5, 0.6) is 0 Å². The van der Waals surface area contributed by atoms with Gasteiger partial charge in [-0.25, -0.2) is 4.90 Å². The molecule has 0 aliphatic carbocycles. The van der Waals surface area contributed by atoms with Crippen LogP contribution in [0.4, 0.5) is 4.79 Å². The van der Waals surface area contributed by atoms with Gasteiger partial charge >= 0.3 is 0 Å². The van der Waals surface area contributed by atoms with Gasteiger partial charge in [0.2, 0.25) is 0 Å². The number of nitrogens with zero attached hydrogens (tertiary/aromatic N) is 1. The monoisotopic (exact) mass is 333 g/mol. The predicted octanol–water partition coefficient (Wildman–Crippen LogP) is 2.69. The van der Waals surface area contributed by atoms with Crippen molar-refractivity contribution >= 4 is 29.0 Å². The van der Waals surface area contributed by atoms with Gasteiger partial charge in [-0.3, -0.25) is 9.59 Å². The highest BCUT2D eigenvalue weighted by molar-refractivity contribution is 8.18. The van der Waals surface area contributed by atoms with Crippen molar-refractivity contribution in [3.8, 4) is 0 Å². The van der Waals surface area contributed by atoms with Crippen molar-refractivity contribution in [2.45, 2.75) is 33.6 Å². The first-order valence-corrected chi connectivity index (χ1v) is 9.02. The quantitative estimate of drug-likeness (QED) is 0.780. The molecule has 1 aliphatic rings. The standard InChI is InChI=1S/C18H24N2O2S/c1-4-10-19(11-5-2)13-20-17(21)16(23-18(20)22)12-15-8-6-14(3)7-9-15/h6-9,12H,4-5,10-11,13H2,1-3H3/p+1/b16-12-. The van der Waals surface area contributed by atoms with Crippen molar-refractivity contribution in [3.63, 3.8) is 0 Å². The minimum Gasteiger partial charge on any atom is -0.317 e. The molecule has 1 saturated heterocycles. The van der Waals surface area contributed by atoms with E-state index in [4.69, 9.17) is 0 Å². The van der Waals surface area contributed by atoms with Gasteiger partial charge in [0.25, 0.3) is 11.1 Å². The second kappa shape index (κ2) is 8.31. The number of hydrogen-bond acceptors (Lipinski definition) is 3. The summed E-state index contributed by atoms with van der Waals surface area (Å²) in [5.41, 5.74) is 2.13. The first-order valence-electron chi connectivity index (χ1n) is 8.20. The zero-order valence-corrected chi connectivity index (χ0v) is 14.9. The minimum atomic E-state index is -0.162. The molecule has 0 radical (unpaired) electrons. The van der Waals surface area contributed by atoms with E-state index in [-0.39, 0.29) is 11.1 Å². The number of quaternary nitrogens is 1. The van der Waals surface area contributed by atoms with E-state index in [9.17, 15) is 9.59 Å². The number of aryl methyl sites for hydroxylation is 1. The maximum atomic E-state index is 12.5. The highest BCUT2D eigenvalue weighted by Gasteiger charge is 2.37. The lowest BCUT2D eigenvalue weighted by Gasteiger charge is -2.22. The zero-order valence-electron chi connectivity index (χ0n) is 14.1. The van der Waals surface area contributed by atoms with Crippen molar-refractivity contribution in [2.75, 3.05) is 19.8 Å². The predicted molar refractivity (Wildman–Crippen MR) is 95.1 cm³/mol. The van der Waals surface area contributed by atoms with E-state index >= 15 is 0 Å². The molecule has 0 spiro atoms. The number of thioether (sulfide) groups is 1. The van der Waals surface area contributed by atoms with E-state index < -0.39 is 0 Å². The fourth-order valence-corrected chi connectivity index (χ4v) is 3.50. The first kappa shape index (κ1) is 17.8. The fraction of sp³-hybridized carbons (Fsp3) is 0.444. The highest BCUT2D eigenvalue weighted by atomic mass is 32.2. The summed E-state index contributed by atoms with van der Waals surface area (Å²) in [6.07, 6.45) is 3.90. The van der Waals surface area contributed by atoms with Crippen LogP contribution in [0.15, 0.2) is 29.2 Å². The van der Waals surface area contributed by atoms with Crippen molar-refractivity contribution < 1.29 is 14.5 Å². The third-order valence-corrected chi connectivity index (χ3v) is 4.74. The van der Waals surface area contributed by atoms with Crippen molar-refractivity contribution in [1.29, 1.82) is 0 Å². The van der Waals surface area contributed by atoms with Gasteiger partial charge in [0.15, 0.2) is 6.67 Å². The molecule has 4 nitrogen and oxygen atoms in total. The van der Waals surface area contributed by atoms with Crippen LogP contribution in [-0.4, -0.2) is 35.8 Å². The first-order chi connectivity index (χ1) is 11.0. The van der Waals surface area contributed by atoms with Gasteiger partial charge in [-0.1, -0.05) is 43.7 Å². The lowest BCUT2D eigenvalue weighted by molar-refractivity contribution is -0.907. The molecule has 2 rings (SSSR count). The number of nitrogens with one attached hydrogen (secondary N) is 1. The van der Waals surface area contributed by atoms with Crippen LogP contribution < -0.4 is 4.90 Å². The lowest BCUT2D eigenvalue weighted by atomic mass is 10.1. The summed E-state index contributed by atoms with van der Waals surface area (Å²) in [6, 6.07) is 7.94. The van der Waals surface area contributed by atoms with Crippen molar-refractivity contribution in [1.82, 2.24) is 4.90 Å². The molecular weight excluding hydrogens is 308 g/mol. The third-order valence-electron chi connectivity index (χ3n) is 3.84. The van der Waals surface area contributed by atoms with Crippen molar-refractivity contribution in [3.05, 3.63) is 40.3 Å². The van der Waals surface area contributed by atoms with Crippen LogP contribution in [0.1, 0.15) is 37.8 Å². The van der Waals surface area contributed by atoms with E-state index in [0.717, 1.165) is 43.3 Å². The zero-order chi connectivity index (χ0) is 16.8. The van der Waals surface area contributed by atoms with E-state index in [2.05, 4.69) is 13.8 Å². The molecule has 0 aromatic heterocycles. The van der Waals surface area contributed by atoms with Crippen LogP contribution in [0.2, 0.25) is 0 Å². The van der Waals surface area contributed by atoms with Gasteiger partial charge in [-0.2, -0.15) is 0 Å². The maximum Gasteiger partial charge on any atom is 0.298 e. The van der Waals surface area contributed by atoms with Gasteiger partial charge in [0.05, 0.1) is 18.0 Å². The Labute approximate surface area is 142 Å². The third kappa shape index (κ3) is 4.69. The summed E-state index contributed by atoms with van der Waals surface area (Å²) in [5.74, 6) is -0.162. The second-order valence-electron chi connectivity index (χ2n) is 5.93. The Morgan fingerprint density at radius 2 is 1.70 bits per heavy atom. The molecule has 1 fully saturated rings. The van der Waals surface area contributed by atoms with Gasteiger partial charge in [0, 0.05) is 0 Å². The lowest BCUT2D eigenvalue weighted by Crippen LogP contribution is -3.13. The molecule has 0 saturated carbocycles. The van der Waals surface area contributed by atoms with E-state index in [0.29, 0.717) is 11.6 Å². The second-order valence-corrected chi connectivity index (χ2v) is 6.92. The largest absolute Gasteiger partial charge is 0.317 e. The normalized spacial score (nSPS) is 16.9. The SMILES string of the molecule is CCC[NH+](CCC)CN1C(=O)S/C(=C\c2ccc(C)cc2)C1=O. The summed E-state index contributed by atoms with van der Waals surface area (Å²) in [5, 5.41) is -0.155. The van der Waals surface area contributed by atoms with Crippen LogP contribution in [0.25, 0.3) is 6.08 Å². The summed E-state index contributed by atoms with van der Waals surface area (Å²) >= 11 is 1.04. The van der Waals surface area contributed by atoms with E-state index in [1.165, 1.54) is 15.4 Å². The number of rotatable bonds is 7. The average Bonchev–Trinajstić information content (AvgIpc) is 2.78. The number of amides is 2. The average molecular weight is 333 g/mol. The Kier molecular flexibility index (Phi) is 6.42.